The van der Waals surface area contributed by atoms with Crippen LogP contribution in [0.1, 0.15) is 15.9 Å². The molecular weight excluding hydrogens is 395 g/mol. The Morgan fingerprint density at radius 3 is 2.88 bits per heavy atom. The number of aromatic nitrogens is 3. The molecule has 4 rings (SSSR count). The third-order valence-electron chi connectivity index (χ3n) is 4.21. The summed E-state index contributed by atoms with van der Waals surface area (Å²) in [5.74, 6) is 0.167. The molecule has 3 heterocycles. The van der Waals surface area contributed by atoms with Crippen molar-refractivity contribution >= 4 is 58.0 Å². The maximum atomic E-state index is 12.5. The molecule has 0 radical (unpaired) electrons. The number of fused-ring (bicyclic) bond motifs is 2. The first-order valence-corrected chi connectivity index (χ1v) is 9.43. The Morgan fingerprint density at radius 1 is 1.27 bits per heavy atom. The van der Waals surface area contributed by atoms with Crippen molar-refractivity contribution in [2.75, 3.05) is 17.7 Å². The average molecular weight is 407 g/mol. The number of halogens is 2. The first kappa shape index (κ1) is 17.3. The van der Waals surface area contributed by atoms with E-state index in [9.17, 15) is 9.59 Å². The number of ketones is 1. The second-order valence-electron chi connectivity index (χ2n) is 5.87. The van der Waals surface area contributed by atoms with E-state index < -0.39 is 0 Å². The summed E-state index contributed by atoms with van der Waals surface area (Å²) in [6, 6.07) is 6.93. The fourth-order valence-corrected chi connectivity index (χ4v) is 4.17. The second kappa shape index (κ2) is 6.57. The van der Waals surface area contributed by atoms with Crippen LogP contribution in [0.2, 0.25) is 10.0 Å². The van der Waals surface area contributed by atoms with Crippen molar-refractivity contribution in [1.82, 2.24) is 14.6 Å². The monoisotopic (exact) mass is 406 g/mol. The molecule has 0 fully saturated rings. The van der Waals surface area contributed by atoms with Crippen molar-refractivity contribution in [2.24, 2.45) is 0 Å². The number of hydrogen-bond acceptors (Lipinski definition) is 5. The normalized spacial score (nSPS) is 13.5. The van der Waals surface area contributed by atoms with Crippen LogP contribution < -0.4 is 4.90 Å². The number of likely N-dealkylation sites (N-methyl/N-ethyl adjacent to an activating group) is 1. The molecule has 0 atom stereocenters. The van der Waals surface area contributed by atoms with Crippen LogP contribution in [-0.2, 0) is 11.2 Å². The van der Waals surface area contributed by atoms with Crippen LogP contribution in [0.25, 0.3) is 5.65 Å². The van der Waals surface area contributed by atoms with Gasteiger partial charge in [0.15, 0.2) is 16.6 Å². The molecule has 2 aromatic heterocycles. The van der Waals surface area contributed by atoms with Crippen molar-refractivity contribution in [1.29, 1.82) is 0 Å². The van der Waals surface area contributed by atoms with Gasteiger partial charge in [-0.3, -0.25) is 14.0 Å². The lowest BCUT2D eigenvalue weighted by atomic mass is 10.1. The SMILES string of the molecule is CN1C(=O)Cc2cc(C(=O)CSc3nnc4c(Cl)cc(Cl)cn34)ccc21. The van der Waals surface area contributed by atoms with Crippen LogP contribution in [0.5, 0.6) is 0 Å². The molecule has 3 aromatic rings. The van der Waals surface area contributed by atoms with Crippen molar-refractivity contribution in [3.63, 3.8) is 0 Å². The third-order valence-corrected chi connectivity index (χ3v) is 5.63. The fourth-order valence-electron chi connectivity index (χ4n) is 2.86. The quantitative estimate of drug-likeness (QED) is 0.489. The van der Waals surface area contributed by atoms with E-state index in [1.807, 2.05) is 6.07 Å². The Labute approximate surface area is 163 Å². The highest BCUT2D eigenvalue weighted by atomic mass is 35.5. The number of pyridine rings is 1. The Bertz CT molecular complexity index is 1070. The van der Waals surface area contributed by atoms with Crippen LogP contribution >= 0.6 is 35.0 Å². The van der Waals surface area contributed by atoms with Crippen LogP contribution in [-0.4, -0.2) is 39.1 Å². The van der Waals surface area contributed by atoms with Gasteiger partial charge in [-0.1, -0.05) is 35.0 Å². The molecule has 1 amide bonds. The molecule has 0 bridgehead atoms. The Kier molecular flexibility index (Phi) is 4.38. The van der Waals surface area contributed by atoms with E-state index in [1.54, 1.807) is 40.7 Å². The standard InChI is InChI=1S/C17H12Cl2N4O2S/c1-22-13-3-2-9(4-10(13)5-15(22)25)14(24)8-26-17-21-20-16-12(19)6-11(18)7-23(16)17/h2-4,6-7H,5,8H2,1H3. The highest BCUT2D eigenvalue weighted by Gasteiger charge is 2.24. The molecule has 0 unspecified atom stereocenters. The summed E-state index contributed by atoms with van der Waals surface area (Å²) in [5.41, 5.74) is 2.79. The Hall–Kier alpha value is -2.09. The second-order valence-corrected chi connectivity index (χ2v) is 7.65. The highest BCUT2D eigenvalue weighted by molar-refractivity contribution is 7.99. The first-order chi connectivity index (χ1) is 12.4. The fraction of sp³-hybridized carbons (Fsp3) is 0.176. The van der Waals surface area contributed by atoms with Gasteiger partial charge in [-0.05, 0) is 29.8 Å². The van der Waals surface area contributed by atoms with Crippen LogP contribution in [0.3, 0.4) is 0 Å². The Morgan fingerprint density at radius 2 is 2.08 bits per heavy atom. The van der Waals surface area contributed by atoms with Gasteiger partial charge in [0.05, 0.1) is 22.2 Å². The van der Waals surface area contributed by atoms with E-state index in [0.29, 0.717) is 32.8 Å². The lowest BCUT2D eigenvalue weighted by Crippen LogP contribution is -2.20. The van der Waals surface area contributed by atoms with Gasteiger partial charge in [0, 0.05) is 24.5 Å². The zero-order chi connectivity index (χ0) is 18.4. The molecule has 1 aliphatic rings. The van der Waals surface area contributed by atoms with Gasteiger partial charge in [0.1, 0.15) is 0 Å². The van der Waals surface area contributed by atoms with Gasteiger partial charge in [-0.25, -0.2) is 0 Å². The zero-order valence-electron chi connectivity index (χ0n) is 13.6. The number of carbonyl (C=O) groups is 2. The molecule has 26 heavy (non-hydrogen) atoms. The lowest BCUT2D eigenvalue weighted by Gasteiger charge is -2.10. The summed E-state index contributed by atoms with van der Waals surface area (Å²) in [6.07, 6.45) is 1.98. The first-order valence-electron chi connectivity index (χ1n) is 7.69. The molecule has 1 aliphatic heterocycles. The predicted octanol–water partition coefficient (Wildman–Crippen LogP) is 3.53. The largest absolute Gasteiger partial charge is 0.315 e. The van der Waals surface area contributed by atoms with Crippen molar-refractivity contribution < 1.29 is 9.59 Å². The van der Waals surface area contributed by atoms with Gasteiger partial charge >= 0.3 is 0 Å². The molecule has 1 aromatic carbocycles. The minimum atomic E-state index is -0.0512. The van der Waals surface area contributed by atoms with Crippen LogP contribution in [0, 0.1) is 0 Å². The molecule has 6 nitrogen and oxygen atoms in total. The molecule has 9 heteroatoms. The molecule has 0 saturated carbocycles. The topological polar surface area (TPSA) is 67.6 Å². The number of rotatable bonds is 4. The van der Waals surface area contributed by atoms with Crippen LogP contribution in [0.4, 0.5) is 5.69 Å². The van der Waals surface area contributed by atoms with Gasteiger partial charge < -0.3 is 4.90 Å². The predicted molar refractivity (Wildman–Crippen MR) is 102 cm³/mol. The summed E-state index contributed by atoms with van der Waals surface area (Å²) < 4.78 is 1.67. The van der Waals surface area contributed by atoms with E-state index in [-0.39, 0.29) is 17.4 Å². The molecule has 132 valence electrons. The van der Waals surface area contributed by atoms with Crippen molar-refractivity contribution in [2.45, 2.75) is 11.6 Å². The van der Waals surface area contributed by atoms with Gasteiger partial charge in [0.25, 0.3) is 0 Å². The Balaban J connectivity index is 1.53. The van der Waals surface area contributed by atoms with E-state index in [2.05, 4.69) is 10.2 Å². The average Bonchev–Trinajstić information content (AvgIpc) is 3.13. The molecule has 0 spiro atoms. The maximum Gasteiger partial charge on any atom is 0.231 e. The maximum absolute atomic E-state index is 12.5. The van der Waals surface area contributed by atoms with E-state index in [0.717, 1.165) is 11.3 Å². The highest BCUT2D eigenvalue weighted by Crippen LogP contribution is 2.29. The number of thioether (sulfide) groups is 1. The van der Waals surface area contributed by atoms with E-state index in [1.165, 1.54) is 11.8 Å². The third kappa shape index (κ3) is 2.96. The van der Waals surface area contributed by atoms with Crippen molar-refractivity contribution in [3.05, 3.63) is 51.6 Å². The smallest absolute Gasteiger partial charge is 0.231 e. The van der Waals surface area contributed by atoms with E-state index in [4.69, 9.17) is 23.2 Å². The number of nitrogens with zero attached hydrogens (tertiary/aromatic N) is 4. The summed E-state index contributed by atoms with van der Waals surface area (Å²) in [5, 5.41) is 9.49. The van der Waals surface area contributed by atoms with Gasteiger partial charge in [-0.2, -0.15) is 0 Å². The van der Waals surface area contributed by atoms with E-state index >= 15 is 0 Å². The summed E-state index contributed by atoms with van der Waals surface area (Å²) in [4.78, 5) is 25.9. The minimum Gasteiger partial charge on any atom is -0.315 e. The molecule has 0 aliphatic carbocycles. The zero-order valence-corrected chi connectivity index (χ0v) is 15.9. The molecule has 0 saturated heterocycles. The number of carbonyl (C=O) groups excluding carboxylic acids is 2. The number of Topliss-reactive ketones (excluding diaryl/α,β-unsaturated/α-hetero) is 1. The lowest BCUT2D eigenvalue weighted by molar-refractivity contribution is -0.117. The summed E-state index contributed by atoms with van der Waals surface area (Å²) >= 11 is 13.4. The number of anilines is 1. The number of hydrogen-bond donors (Lipinski definition) is 0. The minimum absolute atomic E-state index is 0.0302. The molecular formula is C17H12Cl2N4O2S. The van der Waals surface area contributed by atoms with Gasteiger partial charge in [0.2, 0.25) is 5.91 Å². The van der Waals surface area contributed by atoms with Crippen LogP contribution in [0.15, 0.2) is 35.6 Å². The van der Waals surface area contributed by atoms with Gasteiger partial charge in [-0.15, -0.1) is 10.2 Å². The van der Waals surface area contributed by atoms with Crippen molar-refractivity contribution in [3.8, 4) is 0 Å². The molecule has 0 N–H and O–H groups in total. The number of benzene rings is 1. The number of amides is 1. The summed E-state index contributed by atoms with van der Waals surface area (Å²) in [6.45, 7) is 0. The summed E-state index contributed by atoms with van der Waals surface area (Å²) in [7, 11) is 1.73.